The Bertz CT molecular complexity index is 492. The van der Waals surface area contributed by atoms with Gasteiger partial charge in [-0.25, -0.2) is 4.79 Å². The molecule has 20 heavy (non-hydrogen) atoms. The van der Waals surface area contributed by atoms with Gasteiger partial charge < -0.3 is 15.3 Å². The van der Waals surface area contributed by atoms with Gasteiger partial charge in [0, 0.05) is 4.88 Å². The second kappa shape index (κ2) is 6.80. The van der Waals surface area contributed by atoms with Crippen molar-refractivity contribution in [1.82, 2.24) is 10.2 Å². The Morgan fingerprint density at radius 2 is 2.05 bits per heavy atom. The van der Waals surface area contributed by atoms with Crippen LogP contribution in [0.4, 0.5) is 18.0 Å². The minimum absolute atomic E-state index is 0.0236. The summed E-state index contributed by atoms with van der Waals surface area (Å²) in [6.45, 7) is -2.68. The highest BCUT2D eigenvalue weighted by molar-refractivity contribution is 7.16. The molecule has 0 saturated carbocycles. The van der Waals surface area contributed by atoms with E-state index in [9.17, 15) is 22.8 Å². The molecule has 0 unspecified atom stereocenters. The number of alkyl halides is 3. The second-order valence-electron chi connectivity index (χ2n) is 3.73. The number of carboxylic acid groups (broad SMARTS) is 1. The molecule has 0 bridgehead atoms. The topological polar surface area (TPSA) is 69.6 Å². The zero-order chi connectivity index (χ0) is 15.3. The average Bonchev–Trinajstić information content (AvgIpc) is 2.68. The molecule has 0 aliphatic carbocycles. The molecule has 2 N–H and O–H groups in total. The molecule has 1 rings (SSSR count). The van der Waals surface area contributed by atoms with Gasteiger partial charge >= 0.3 is 18.2 Å². The molecule has 5 nitrogen and oxygen atoms in total. The number of rotatable bonds is 5. The standard InChI is InChI=1S/C10H10ClF3N2O3S/c11-7-2-1-6(20-7)3-15-9(19)16(4-8(17)18)5-10(12,13)14/h1-2H,3-5H2,(H,15,19)(H,17,18). The zero-order valence-electron chi connectivity index (χ0n) is 9.91. The Kier molecular flexibility index (Phi) is 5.63. The molecular formula is C10H10ClF3N2O3S. The van der Waals surface area contributed by atoms with Crippen molar-refractivity contribution in [2.24, 2.45) is 0 Å². The number of nitrogens with one attached hydrogen (secondary N) is 1. The van der Waals surface area contributed by atoms with E-state index in [2.05, 4.69) is 5.32 Å². The van der Waals surface area contributed by atoms with Crippen LogP contribution < -0.4 is 5.32 Å². The third-order valence-electron chi connectivity index (χ3n) is 2.03. The molecule has 1 heterocycles. The van der Waals surface area contributed by atoms with Gasteiger partial charge in [-0.3, -0.25) is 4.79 Å². The van der Waals surface area contributed by atoms with Crippen molar-refractivity contribution in [2.75, 3.05) is 13.1 Å². The van der Waals surface area contributed by atoms with Crippen LogP contribution in [0.15, 0.2) is 12.1 Å². The Labute approximate surface area is 120 Å². The molecule has 0 radical (unpaired) electrons. The van der Waals surface area contributed by atoms with Gasteiger partial charge in [0.15, 0.2) is 0 Å². The normalized spacial score (nSPS) is 11.2. The molecule has 0 atom stereocenters. The number of halogens is 4. The maximum atomic E-state index is 12.3. The Morgan fingerprint density at radius 3 is 2.50 bits per heavy atom. The molecular weight excluding hydrogens is 321 g/mol. The fraction of sp³-hybridized carbons (Fsp3) is 0.400. The van der Waals surface area contributed by atoms with Gasteiger partial charge in [-0.05, 0) is 12.1 Å². The molecule has 112 valence electrons. The Hall–Kier alpha value is -1.48. The van der Waals surface area contributed by atoms with Gasteiger partial charge in [0.1, 0.15) is 13.1 Å². The highest BCUT2D eigenvalue weighted by Crippen LogP contribution is 2.21. The van der Waals surface area contributed by atoms with Crippen LogP contribution in [0.2, 0.25) is 4.34 Å². The summed E-state index contributed by atoms with van der Waals surface area (Å²) in [5, 5.41) is 10.7. The number of aliphatic carboxylic acids is 1. The molecule has 0 aliphatic heterocycles. The minimum atomic E-state index is -4.67. The van der Waals surface area contributed by atoms with E-state index >= 15 is 0 Å². The molecule has 1 aromatic rings. The lowest BCUT2D eigenvalue weighted by atomic mass is 10.4. The fourth-order valence-electron chi connectivity index (χ4n) is 1.30. The van der Waals surface area contributed by atoms with Gasteiger partial charge in [-0.1, -0.05) is 11.6 Å². The number of hydrogen-bond donors (Lipinski definition) is 2. The largest absolute Gasteiger partial charge is 0.480 e. The average molecular weight is 331 g/mol. The lowest BCUT2D eigenvalue weighted by Crippen LogP contribution is -2.46. The number of carbonyl (C=O) groups excluding carboxylic acids is 1. The van der Waals surface area contributed by atoms with Crippen molar-refractivity contribution in [3.05, 3.63) is 21.3 Å². The summed E-state index contributed by atoms with van der Waals surface area (Å²) in [6, 6.07) is 2.09. The van der Waals surface area contributed by atoms with E-state index in [0.29, 0.717) is 9.21 Å². The van der Waals surface area contributed by atoms with Gasteiger partial charge in [-0.15, -0.1) is 11.3 Å². The van der Waals surface area contributed by atoms with Crippen LogP contribution in [-0.2, 0) is 11.3 Å². The predicted molar refractivity (Wildman–Crippen MR) is 66.8 cm³/mol. The Balaban J connectivity index is 2.60. The first kappa shape index (κ1) is 16.6. The van der Waals surface area contributed by atoms with Crippen molar-refractivity contribution in [3.8, 4) is 0 Å². The second-order valence-corrected chi connectivity index (χ2v) is 5.53. The van der Waals surface area contributed by atoms with Gasteiger partial charge in [-0.2, -0.15) is 13.2 Å². The SMILES string of the molecule is O=C(O)CN(CC(F)(F)F)C(=O)NCc1ccc(Cl)s1. The van der Waals surface area contributed by atoms with E-state index in [1.807, 2.05) is 0 Å². The number of carbonyl (C=O) groups is 2. The summed E-state index contributed by atoms with van der Waals surface area (Å²) in [4.78, 5) is 22.9. The van der Waals surface area contributed by atoms with Crippen molar-refractivity contribution < 1.29 is 27.9 Å². The monoisotopic (exact) mass is 330 g/mol. The summed E-state index contributed by atoms with van der Waals surface area (Å²) >= 11 is 6.83. The number of amides is 2. The highest BCUT2D eigenvalue weighted by Gasteiger charge is 2.33. The molecule has 2 amide bonds. The molecule has 10 heteroatoms. The molecule has 1 aromatic heterocycles. The lowest BCUT2D eigenvalue weighted by Gasteiger charge is -2.22. The molecule has 0 fully saturated rings. The van der Waals surface area contributed by atoms with Crippen LogP contribution in [-0.4, -0.2) is 41.3 Å². The van der Waals surface area contributed by atoms with Crippen LogP contribution in [0.1, 0.15) is 4.88 Å². The van der Waals surface area contributed by atoms with Crippen molar-refractivity contribution >= 4 is 34.9 Å². The minimum Gasteiger partial charge on any atom is -0.480 e. The fourth-order valence-corrected chi connectivity index (χ4v) is 2.33. The number of thiophene rings is 1. The third kappa shape index (κ3) is 6.11. The van der Waals surface area contributed by atoms with E-state index in [4.69, 9.17) is 16.7 Å². The van der Waals surface area contributed by atoms with E-state index < -0.39 is 31.3 Å². The van der Waals surface area contributed by atoms with Gasteiger partial charge in [0.25, 0.3) is 0 Å². The summed E-state index contributed by atoms with van der Waals surface area (Å²) in [6.07, 6.45) is -4.67. The number of carboxylic acids is 1. The first-order valence-electron chi connectivity index (χ1n) is 5.23. The quantitative estimate of drug-likeness (QED) is 0.871. The smallest absolute Gasteiger partial charge is 0.406 e. The number of hydrogen-bond acceptors (Lipinski definition) is 3. The number of urea groups is 1. The molecule has 0 spiro atoms. The zero-order valence-corrected chi connectivity index (χ0v) is 11.5. The molecule has 0 aromatic carbocycles. The number of nitrogens with zero attached hydrogens (tertiary/aromatic N) is 1. The van der Waals surface area contributed by atoms with Crippen molar-refractivity contribution in [2.45, 2.75) is 12.7 Å². The molecule has 0 saturated heterocycles. The summed E-state index contributed by atoms with van der Waals surface area (Å²) < 4.78 is 37.2. The van der Waals surface area contributed by atoms with Crippen LogP contribution >= 0.6 is 22.9 Å². The maximum Gasteiger partial charge on any atom is 0.406 e. The van der Waals surface area contributed by atoms with Crippen LogP contribution in [0.5, 0.6) is 0 Å². The van der Waals surface area contributed by atoms with Gasteiger partial charge in [0.2, 0.25) is 0 Å². The summed E-state index contributed by atoms with van der Waals surface area (Å²) in [7, 11) is 0. The van der Waals surface area contributed by atoms with Crippen LogP contribution in [0.25, 0.3) is 0 Å². The molecule has 0 aliphatic rings. The lowest BCUT2D eigenvalue weighted by molar-refractivity contribution is -0.148. The summed E-state index contributed by atoms with van der Waals surface area (Å²) in [5.41, 5.74) is 0. The Morgan fingerprint density at radius 1 is 1.40 bits per heavy atom. The van der Waals surface area contributed by atoms with Crippen molar-refractivity contribution in [3.63, 3.8) is 0 Å². The highest BCUT2D eigenvalue weighted by atomic mass is 35.5. The van der Waals surface area contributed by atoms with E-state index in [0.717, 1.165) is 11.3 Å². The first-order valence-corrected chi connectivity index (χ1v) is 6.42. The third-order valence-corrected chi connectivity index (χ3v) is 3.26. The van der Waals surface area contributed by atoms with E-state index in [1.54, 1.807) is 12.1 Å². The maximum absolute atomic E-state index is 12.3. The van der Waals surface area contributed by atoms with Crippen LogP contribution in [0, 0.1) is 0 Å². The van der Waals surface area contributed by atoms with Crippen molar-refractivity contribution in [1.29, 1.82) is 0 Å². The van der Waals surface area contributed by atoms with Gasteiger partial charge in [0.05, 0.1) is 10.9 Å². The van der Waals surface area contributed by atoms with Crippen LogP contribution in [0.3, 0.4) is 0 Å². The van der Waals surface area contributed by atoms with E-state index in [1.165, 1.54) is 0 Å². The predicted octanol–water partition coefficient (Wildman–Crippen LogP) is 2.56. The summed E-state index contributed by atoms with van der Waals surface area (Å²) in [5.74, 6) is -1.52. The van der Waals surface area contributed by atoms with E-state index in [-0.39, 0.29) is 11.4 Å². The first-order chi connectivity index (χ1) is 9.17.